The van der Waals surface area contributed by atoms with Gasteiger partial charge in [0, 0.05) is 13.1 Å². The van der Waals surface area contributed by atoms with E-state index >= 15 is 0 Å². The zero-order chi connectivity index (χ0) is 17.2. The number of rotatable bonds is 7. The summed E-state index contributed by atoms with van der Waals surface area (Å²) in [6.07, 6.45) is 0. The van der Waals surface area contributed by atoms with Crippen LogP contribution < -0.4 is 15.4 Å². The molecular weight excluding hydrogens is 305 g/mol. The molecule has 128 valence electrons. The first kappa shape index (κ1) is 17.8. The first-order chi connectivity index (χ1) is 11.7. The summed E-state index contributed by atoms with van der Waals surface area (Å²) < 4.78 is 18.4. The van der Waals surface area contributed by atoms with E-state index in [2.05, 4.69) is 15.6 Å². The fourth-order valence-electron chi connectivity index (χ4n) is 2.20. The highest BCUT2D eigenvalue weighted by atomic mass is 19.1. The van der Waals surface area contributed by atoms with Crippen molar-refractivity contribution in [1.29, 1.82) is 0 Å². The van der Waals surface area contributed by atoms with Gasteiger partial charge in [0.05, 0.1) is 13.2 Å². The predicted octanol–water partition coefficient (Wildman–Crippen LogP) is 3.48. The van der Waals surface area contributed by atoms with E-state index in [4.69, 9.17) is 4.74 Å². The summed E-state index contributed by atoms with van der Waals surface area (Å²) in [7, 11) is 0. The molecule has 0 bridgehead atoms. The number of nitrogens with zero attached hydrogens (tertiary/aromatic N) is 1. The number of hydrogen-bond donors (Lipinski definition) is 2. The van der Waals surface area contributed by atoms with E-state index in [0.29, 0.717) is 19.7 Å². The van der Waals surface area contributed by atoms with Crippen LogP contribution in [0.1, 0.15) is 25.0 Å². The second kappa shape index (κ2) is 9.55. The van der Waals surface area contributed by atoms with Crippen LogP contribution in [0.3, 0.4) is 0 Å². The van der Waals surface area contributed by atoms with Crippen LogP contribution in [0.2, 0.25) is 0 Å². The molecule has 0 radical (unpaired) electrons. The number of hydrogen-bond acceptors (Lipinski definition) is 2. The molecule has 0 saturated heterocycles. The Morgan fingerprint density at radius 2 is 1.83 bits per heavy atom. The fraction of sp³-hybridized carbons (Fsp3) is 0.316. The summed E-state index contributed by atoms with van der Waals surface area (Å²) in [5.74, 6) is 1.35. The predicted molar refractivity (Wildman–Crippen MR) is 95.7 cm³/mol. The summed E-state index contributed by atoms with van der Waals surface area (Å²) in [6.45, 7) is 6.55. The van der Waals surface area contributed by atoms with Crippen LogP contribution >= 0.6 is 0 Å². The maximum atomic E-state index is 12.9. The van der Waals surface area contributed by atoms with Crippen molar-refractivity contribution in [3.8, 4) is 5.75 Å². The average molecular weight is 329 g/mol. The van der Waals surface area contributed by atoms with Crippen molar-refractivity contribution in [2.45, 2.75) is 26.9 Å². The second-order valence-electron chi connectivity index (χ2n) is 5.26. The topological polar surface area (TPSA) is 45.7 Å². The molecule has 0 atom stereocenters. The summed E-state index contributed by atoms with van der Waals surface area (Å²) in [4.78, 5) is 4.58. The minimum atomic E-state index is -0.228. The lowest BCUT2D eigenvalue weighted by Crippen LogP contribution is -2.36. The second-order valence-corrected chi connectivity index (χ2v) is 5.26. The summed E-state index contributed by atoms with van der Waals surface area (Å²) >= 11 is 0. The smallest absolute Gasteiger partial charge is 0.191 e. The molecule has 24 heavy (non-hydrogen) atoms. The van der Waals surface area contributed by atoms with Crippen molar-refractivity contribution in [2.24, 2.45) is 4.99 Å². The molecule has 0 amide bonds. The molecule has 0 spiro atoms. The third-order valence-corrected chi connectivity index (χ3v) is 3.35. The van der Waals surface area contributed by atoms with Gasteiger partial charge in [-0.25, -0.2) is 9.38 Å². The number of halogens is 1. The zero-order valence-corrected chi connectivity index (χ0v) is 14.2. The van der Waals surface area contributed by atoms with Crippen molar-refractivity contribution >= 4 is 5.96 Å². The van der Waals surface area contributed by atoms with E-state index in [1.807, 2.05) is 38.1 Å². The van der Waals surface area contributed by atoms with E-state index in [-0.39, 0.29) is 5.82 Å². The van der Waals surface area contributed by atoms with Gasteiger partial charge in [0.1, 0.15) is 11.6 Å². The highest BCUT2D eigenvalue weighted by Gasteiger charge is 2.00. The van der Waals surface area contributed by atoms with E-state index in [0.717, 1.165) is 29.4 Å². The largest absolute Gasteiger partial charge is 0.494 e. The van der Waals surface area contributed by atoms with Crippen molar-refractivity contribution in [2.75, 3.05) is 13.2 Å². The fourth-order valence-corrected chi connectivity index (χ4v) is 2.20. The Bertz CT molecular complexity index is 656. The van der Waals surface area contributed by atoms with E-state index in [9.17, 15) is 4.39 Å². The molecule has 0 saturated carbocycles. The molecule has 0 unspecified atom stereocenters. The average Bonchev–Trinajstić information content (AvgIpc) is 2.59. The van der Waals surface area contributed by atoms with Gasteiger partial charge in [0.2, 0.25) is 0 Å². The molecule has 2 rings (SSSR count). The Morgan fingerprint density at radius 1 is 1.04 bits per heavy atom. The maximum Gasteiger partial charge on any atom is 0.191 e. The molecule has 0 aliphatic carbocycles. The molecule has 0 aromatic heterocycles. The standard InChI is InChI=1S/C19H24FN3O/c1-3-21-19(22-13-15-8-10-17(20)11-9-15)23-14-16-6-5-7-18(12-16)24-4-2/h5-12H,3-4,13-14H2,1-2H3,(H2,21,22,23). The summed E-state index contributed by atoms with van der Waals surface area (Å²) in [5, 5.41) is 6.46. The highest BCUT2D eigenvalue weighted by molar-refractivity contribution is 5.79. The lowest BCUT2D eigenvalue weighted by Gasteiger charge is -2.11. The van der Waals surface area contributed by atoms with Crippen LogP contribution in [0.25, 0.3) is 0 Å². The SMILES string of the molecule is CCNC(=NCc1cccc(OCC)c1)NCc1ccc(F)cc1. The van der Waals surface area contributed by atoms with Gasteiger partial charge in [-0.1, -0.05) is 24.3 Å². The Morgan fingerprint density at radius 3 is 2.54 bits per heavy atom. The Hall–Kier alpha value is -2.56. The molecular formula is C19H24FN3O. The Kier molecular flexibility index (Phi) is 7.08. The van der Waals surface area contributed by atoms with Crippen LogP contribution in [0.5, 0.6) is 5.75 Å². The number of nitrogens with one attached hydrogen (secondary N) is 2. The quantitative estimate of drug-likeness (QED) is 0.604. The van der Waals surface area contributed by atoms with Crippen molar-refractivity contribution in [1.82, 2.24) is 10.6 Å². The van der Waals surface area contributed by atoms with Crippen molar-refractivity contribution in [3.63, 3.8) is 0 Å². The van der Waals surface area contributed by atoms with Crippen LogP contribution in [-0.2, 0) is 13.1 Å². The first-order valence-electron chi connectivity index (χ1n) is 8.19. The molecule has 0 heterocycles. The minimum Gasteiger partial charge on any atom is -0.494 e. The van der Waals surface area contributed by atoms with Gasteiger partial charge in [-0.05, 0) is 49.2 Å². The number of ether oxygens (including phenoxy) is 1. The molecule has 2 aromatic rings. The first-order valence-corrected chi connectivity index (χ1v) is 8.19. The van der Waals surface area contributed by atoms with E-state index < -0.39 is 0 Å². The molecule has 0 aliphatic heterocycles. The molecule has 0 fully saturated rings. The van der Waals surface area contributed by atoms with E-state index in [1.54, 1.807) is 12.1 Å². The summed E-state index contributed by atoms with van der Waals surface area (Å²) in [5.41, 5.74) is 2.08. The maximum absolute atomic E-state index is 12.9. The molecule has 0 aliphatic rings. The summed E-state index contributed by atoms with van der Waals surface area (Å²) in [6, 6.07) is 14.4. The van der Waals surface area contributed by atoms with Gasteiger partial charge in [0.25, 0.3) is 0 Å². The zero-order valence-electron chi connectivity index (χ0n) is 14.2. The van der Waals surface area contributed by atoms with Crippen molar-refractivity contribution < 1.29 is 9.13 Å². The van der Waals surface area contributed by atoms with Gasteiger partial charge in [0.15, 0.2) is 5.96 Å². The number of benzene rings is 2. The van der Waals surface area contributed by atoms with Gasteiger partial charge in [-0.2, -0.15) is 0 Å². The van der Waals surface area contributed by atoms with Crippen molar-refractivity contribution in [3.05, 3.63) is 65.5 Å². The lowest BCUT2D eigenvalue weighted by molar-refractivity contribution is 0.340. The monoisotopic (exact) mass is 329 g/mol. The number of guanidine groups is 1. The minimum absolute atomic E-state index is 0.228. The lowest BCUT2D eigenvalue weighted by atomic mass is 10.2. The third kappa shape index (κ3) is 5.91. The molecule has 4 nitrogen and oxygen atoms in total. The normalized spacial score (nSPS) is 11.2. The Balaban J connectivity index is 1.96. The number of aliphatic imine (C=N–C) groups is 1. The van der Waals surface area contributed by atoms with Crippen LogP contribution in [0.15, 0.2) is 53.5 Å². The van der Waals surface area contributed by atoms with Gasteiger partial charge in [-0.15, -0.1) is 0 Å². The van der Waals surface area contributed by atoms with Gasteiger partial charge < -0.3 is 15.4 Å². The van der Waals surface area contributed by atoms with Gasteiger partial charge >= 0.3 is 0 Å². The van der Waals surface area contributed by atoms with Crippen LogP contribution in [0.4, 0.5) is 4.39 Å². The Labute approximate surface area is 142 Å². The molecule has 2 aromatic carbocycles. The highest BCUT2D eigenvalue weighted by Crippen LogP contribution is 2.13. The molecule has 5 heteroatoms. The van der Waals surface area contributed by atoms with Gasteiger partial charge in [-0.3, -0.25) is 0 Å². The molecule has 2 N–H and O–H groups in total. The van der Waals surface area contributed by atoms with E-state index in [1.165, 1.54) is 12.1 Å². The van der Waals surface area contributed by atoms with Crippen LogP contribution in [-0.4, -0.2) is 19.1 Å². The third-order valence-electron chi connectivity index (χ3n) is 3.35. The van der Waals surface area contributed by atoms with Crippen LogP contribution in [0, 0.1) is 5.82 Å².